The third-order valence-electron chi connectivity index (χ3n) is 1.98. The maximum Gasteiger partial charge on any atom is 0.407 e. The highest BCUT2D eigenvalue weighted by Gasteiger charge is 2.15. The first-order valence-electron chi connectivity index (χ1n) is 5.98. The molecule has 0 aliphatic rings. The number of ether oxygens (including phenoxy) is 1. The number of carbonyl (C=O) groups is 1. The summed E-state index contributed by atoms with van der Waals surface area (Å²) < 4.78 is 5.12. The summed E-state index contributed by atoms with van der Waals surface area (Å²) in [4.78, 5) is 11.2. The molecule has 4 nitrogen and oxygen atoms in total. The first-order chi connectivity index (χ1) is 7.45. The number of amides is 1. The number of alkyl carbamates (subject to hydrolysis) is 1. The van der Waals surface area contributed by atoms with E-state index >= 15 is 0 Å². The SMILES string of the molecule is C[N-]CCCCCCNC(=O)OC(C)(C)C. The van der Waals surface area contributed by atoms with E-state index in [1.54, 1.807) is 0 Å². The maximum absolute atomic E-state index is 11.2. The molecule has 0 saturated heterocycles. The zero-order valence-corrected chi connectivity index (χ0v) is 11.0. The molecule has 0 aliphatic carbocycles. The average Bonchev–Trinajstić information content (AvgIpc) is 2.13. The van der Waals surface area contributed by atoms with Gasteiger partial charge in [-0.25, -0.2) is 4.79 Å². The third-order valence-corrected chi connectivity index (χ3v) is 1.98. The summed E-state index contributed by atoms with van der Waals surface area (Å²) in [6.07, 6.45) is 4.13. The van der Waals surface area contributed by atoms with E-state index < -0.39 is 5.60 Å². The highest BCUT2D eigenvalue weighted by molar-refractivity contribution is 5.67. The van der Waals surface area contributed by atoms with Crippen LogP contribution in [0.4, 0.5) is 4.79 Å². The maximum atomic E-state index is 11.2. The molecule has 0 aromatic carbocycles. The van der Waals surface area contributed by atoms with E-state index in [2.05, 4.69) is 10.6 Å². The Kier molecular flexibility index (Phi) is 7.99. The molecule has 0 saturated carbocycles. The van der Waals surface area contributed by atoms with Crippen LogP contribution in [0.1, 0.15) is 46.5 Å². The Balaban J connectivity index is 3.28. The van der Waals surface area contributed by atoms with Crippen molar-refractivity contribution in [3.63, 3.8) is 0 Å². The second-order valence-electron chi connectivity index (χ2n) is 4.88. The molecule has 0 radical (unpaired) electrons. The molecule has 0 aliphatic heterocycles. The van der Waals surface area contributed by atoms with Gasteiger partial charge in [0.15, 0.2) is 0 Å². The lowest BCUT2D eigenvalue weighted by molar-refractivity contribution is 0.0527. The van der Waals surface area contributed by atoms with Crippen LogP contribution >= 0.6 is 0 Å². The molecule has 0 aromatic heterocycles. The van der Waals surface area contributed by atoms with Gasteiger partial charge in [0.2, 0.25) is 0 Å². The van der Waals surface area contributed by atoms with Crippen molar-refractivity contribution in [2.24, 2.45) is 0 Å². The van der Waals surface area contributed by atoms with E-state index in [1.165, 1.54) is 6.42 Å². The van der Waals surface area contributed by atoms with Gasteiger partial charge in [0, 0.05) is 6.54 Å². The standard InChI is InChI=1S/C12H25N2O2/c1-12(2,3)16-11(15)14-10-8-6-5-7-9-13-4/h5-10H2,1-4H3,(H,14,15)/q-1. The predicted molar refractivity (Wildman–Crippen MR) is 66.9 cm³/mol. The molecule has 4 heteroatoms. The topological polar surface area (TPSA) is 52.4 Å². The van der Waals surface area contributed by atoms with Crippen molar-refractivity contribution in [1.82, 2.24) is 5.32 Å². The van der Waals surface area contributed by atoms with Crippen LogP contribution in [-0.2, 0) is 4.74 Å². The molecular weight excluding hydrogens is 204 g/mol. The first-order valence-corrected chi connectivity index (χ1v) is 5.98. The van der Waals surface area contributed by atoms with E-state index in [1.807, 2.05) is 27.8 Å². The fraction of sp³-hybridized carbons (Fsp3) is 0.917. The summed E-state index contributed by atoms with van der Waals surface area (Å²) in [7, 11) is 1.84. The van der Waals surface area contributed by atoms with Crippen LogP contribution in [-0.4, -0.2) is 31.8 Å². The molecule has 0 spiro atoms. The summed E-state index contributed by atoms with van der Waals surface area (Å²) >= 11 is 0. The summed E-state index contributed by atoms with van der Waals surface area (Å²) in [6, 6.07) is 0. The van der Waals surface area contributed by atoms with Crippen LogP contribution in [0.15, 0.2) is 0 Å². The Hall–Kier alpha value is -0.770. The van der Waals surface area contributed by atoms with E-state index in [-0.39, 0.29) is 6.09 Å². The molecule has 0 fully saturated rings. The van der Waals surface area contributed by atoms with Crippen molar-refractivity contribution in [3.05, 3.63) is 5.32 Å². The molecular formula is C12H25N2O2-. The minimum atomic E-state index is -0.410. The van der Waals surface area contributed by atoms with Gasteiger partial charge in [0.25, 0.3) is 0 Å². The van der Waals surface area contributed by atoms with Gasteiger partial charge in [-0.05, 0) is 27.2 Å². The monoisotopic (exact) mass is 229 g/mol. The van der Waals surface area contributed by atoms with Crippen molar-refractivity contribution in [1.29, 1.82) is 0 Å². The molecule has 1 N–H and O–H groups in total. The van der Waals surface area contributed by atoms with Crippen molar-refractivity contribution < 1.29 is 9.53 Å². The number of unbranched alkanes of at least 4 members (excludes halogenated alkanes) is 3. The van der Waals surface area contributed by atoms with Crippen LogP contribution < -0.4 is 5.32 Å². The van der Waals surface area contributed by atoms with E-state index in [0.29, 0.717) is 6.54 Å². The summed E-state index contributed by atoms with van der Waals surface area (Å²) in [6.45, 7) is 7.22. The zero-order valence-electron chi connectivity index (χ0n) is 11.0. The fourth-order valence-corrected chi connectivity index (χ4v) is 1.25. The number of hydrogen-bond donors (Lipinski definition) is 1. The van der Waals surface area contributed by atoms with Crippen LogP contribution in [0.3, 0.4) is 0 Å². The number of hydrogen-bond acceptors (Lipinski definition) is 2. The molecule has 96 valence electrons. The number of nitrogens with zero attached hydrogens (tertiary/aromatic N) is 1. The third kappa shape index (κ3) is 11.3. The van der Waals surface area contributed by atoms with Crippen molar-refractivity contribution >= 4 is 6.09 Å². The number of nitrogens with one attached hydrogen (secondary N) is 1. The van der Waals surface area contributed by atoms with Gasteiger partial charge in [-0.1, -0.05) is 19.3 Å². The fourth-order valence-electron chi connectivity index (χ4n) is 1.25. The quantitative estimate of drug-likeness (QED) is 0.682. The highest BCUT2D eigenvalue weighted by atomic mass is 16.6. The Labute approximate surface area is 99.1 Å². The summed E-state index contributed by atoms with van der Waals surface area (Å²) in [5.74, 6) is 0. The Morgan fingerprint density at radius 3 is 2.38 bits per heavy atom. The molecule has 0 atom stereocenters. The second-order valence-corrected chi connectivity index (χ2v) is 4.88. The van der Waals surface area contributed by atoms with E-state index in [9.17, 15) is 4.79 Å². The minimum Gasteiger partial charge on any atom is -0.665 e. The Bertz CT molecular complexity index is 188. The largest absolute Gasteiger partial charge is 0.665 e. The van der Waals surface area contributed by atoms with Gasteiger partial charge in [-0.2, -0.15) is 7.05 Å². The van der Waals surface area contributed by atoms with Crippen molar-refractivity contribution in [2.45, 2.75) is 52.1 Å². The van der Waals surface area contributed by atoms with E-state index in [4.69, 9.17) is 4.74 Å². The Morgan fingerprint density at radius 1 is 1.19 bits per heavy atom. The smallest absolute Gasteiger partial charge is 0.407 e. The lowest BCUT2D eigenvalue weighted by Crippen LogP contribution is -2.32. The van der Waals surface area contributed by atoms with Crippen LogP contribution in [0.25, 0.3) is 5.32 Å². The summed E-state index contributed by atoms with van der Waals surface area (Å²) in [5, 5.41) is 6.78. The Morgan fingerprint density at radius 2 is 1.81 bits per heavy atom. The van der Waals surface area contributed by atoms with Gasteiger partial charge < -0.3 is 15.4 Å². The number of carbonyl (C=O) groups excluding carboxylic acids is 1. The lowest BCUT2D eigenvalue weighted by atomic mass is 10.2. The molecule has 0 heterocycles. The molecule has 16 heavy (non-hydrogen) atoms. The average molecular weight is 229 g/mol. The van der Waals surface area contributed by atoms with Crippen LogP contribution in [0.2, 0.25) is 0 Å². The normalized spacial score (nSPS) is 11.2. The van der Waals surface area contributed by atoms with Crippen molar-refractivity contribution in [2.75, 3.05) is 20.1 Å². The van der Waals surface area contributed by atoms with Gasteiger partial charge in [-0.3, -0.25) is 0 Å². The molecule has 0 bridgehead atoms. The van der Waals surface area contributed by atoms with Gasteiger partial charge in [-0.15, -0.1) is 6.54 Å². The van der Waals surface area contributed by atoms with Crippen LogP contribution in [0.5, 0.6) is 0 Å². The number of rotatable bonds is 7. The van der Waals surface area contributed by atoms with Gasteiger partial charge in [0.05, 0.1) is 0 Å². The molecule has 0 aromatic rings. The molecule has 0 rings (SSSR count). The van der Waals surface area contributed by atoms with Crippen LogP contribution in [0, 0.1) is 0 Å². The molecule has 1 amide bonds. The van der Waals surface area contributed by atoms with Gasteiger partial charge >= 0.3 is 6.09 Å². The predicted octanol–water partition coefficient (Wildman–Crippen LogP) is 3.08. The van der Waals surface area contributed by atoms with Crippen molar-refractivity contribution in [3.8, 4) is 0 Å². The van der Waals surface area contributed by atoms with Gasteiger partial charge in [0.1, 0.15) is 5.60 Å². The second kappa shape index (κ2) is 8.39. The minimum absolute atomic E-state index is 0.323. The van der Waals surface area contributed by atoms with E-state index in [0.717, 1.165) is 25.8 Å². The zero-order chi connectivity index (χ0) is 12.4. The highest BCUT2D eigenvalue weighted by Crippen LogP contribution is 2.06. The first kappa shape index (κ1) is 15.2. The molecule has 0 unspecified atom stereocenters. The summed E-state index contributed by atoms with van der Waals surface area (Å²) in [5.41, 5.74) is -0.410. The lowest BCUT2D eigenvalue weighted by Gasteiger charge is -2.19.